The smallest absolute Gasteiger partial charge is 0.303 e. The molecule has 36 heavy (non-hydrogen) atoms. The van der Waals surface area contributed by atoms with Crippen molar-refractivity contribution in [1.29, 1.82) is 0 Å². The SMILES string of the molecule is COc1ccccc1Nc1nc2ccc(CC(=O)N3CCC[C@H]3c3ncc(CCC(=O)O)o3)cc2o1. The van der Waals surface area contributed by atoms with Crippen molar-refractivity contribution in [3.05, 3.63) is 65.9 Å². The number of carboxylic acid groups (broad SMARTS) is 1. The number of aliphatic carboxylic acids is 1. The Morgan fingerprint density at radius 1 is 1.22 bits per heavy atom. The van der Waals surface area contributed by atoms with Crippen LogP contribution in [-0.2, 0) is 22.4 Å². The number of carbonyl (C=O) groups excluding carboxylic acids is 1. The third-order valence-electron chi connectivity index (χ3n) is 6.17. The van der Waals surface area contributed by atoms with Crippen molar-refractivity contribution in [3.8, 4) is 5.75 Å². The molecule has 0 aliphatic carbocycles. The number of hydrogen-bond donors (Lipinski definition) is 2. The van der Waals surface area contributed by atoms with Gasteiger partial charge in [-0.05, 0) is 42.7 Å². The van der Waals surface area contributed by atoms with Gasteiger partial charge in [0.25, 0.3) is 6.01 Å². The molecule has 0 radical (unpaired) electrons. The van der Waals surface area contributed by atoms with Crippen LogP contribution in [0.3, 0.4) is 0 Å². The molecular weight excluding hydrogens is 464 g/mol. The van der Waals surface area contributed by atoms with E-state index in [1.807, 2.05) is 42.5 Å². The first-order valence-electron chi connectivity index (χ1n) is 11.8. The highest BCUT2D eigenvalue weighted by Gasteiger charge is 2.33. The third-order valence-corrected chi connectivity index (χ3v) is 6.17. The fourth-order valence-electron chi connectivity index (χ4n) is 4.42. The molecule has 0 unspecified atom stereocenters. The summed E-state index contributed by atoms with van der Waals surface area (Å²) in [7, 11) is 1.60. The van der Waals surface area contributed by atoms with E-state index in [2.05, 4.69) is 15.3 Å². The molecule has 2 aromatic heterocycles. The van der Waals surface area contributed by atoms with Crippen molar-refractivity contribution in [2.45, 2.75) is 38.1 Å². The predicted molar refractivity (Wildman–Crippen MR) is 130 cm³/mol. The summed E-state index contributed by atoms with van der Waals surface area (Å²) < 4.78 is 17.0. The van der Waals surface area contributed by atoms with Gasteiger partial charge in [-0.25, -0.2) is 4.98 Å². The minimum atomic E-state index is -0.892. The summed E-state index contributed by atoms with van der Waals surface area (Å²) in [6, 6.07) is 13.1. The van der Waals surface area contributed by atoms with E-state index in [1.54, 1.807) is 18.2 Å². The summed E-state index contributed by atoms with van der Waals surface area (Å²) in [5.74, 6) is 0.719. The molecule has 1 aliphatic rings. The van der Waals surface area contributed by atoms with Crippen LogP contribution in [0.2, 0.25) is 0 Å². The summed E-state index contributed by atoms with van der Waals surface area (Å²) in [6.07, 6.45) is 3.60. The van der Waals surface area contributed by atoms with Crippen LogP contribution in [0.15, 0.2) is 57.5 Å². The first-order valence-corrected chi connectivity index (χ1v) is 11.8. The lowest BCUT2D eigenvalue weighted by molar-refractivity contribution is -0.137. The number of fused-ring (bicyclic) bond motifs is 1. The number of oxazole rings is 2. The van der Waals surface area contributed by atoms with E-state index in [0.29, 0.717) is 41.1 Å². The molecule has 2 aromatic carbocycles. The van der Waals surface area contributed by atoms with E-state index in [-0.39, 0.29) is 31.2 Å². The molecule has 1 aliphatic heterocycles. The molecule has 10 heteroatoms. The van der Waals surface area contributed by atoms with Gasteiger partial charge < -0.3 is 28.9 Å². The molecule has 1 amide bonds. The maximum atomic E-state index is 13.2. The van der Waals surface area contributed by atoms with Gasteiger partial charge in [-0.1, -0.05) is 18.2 Å². The molecule has 0 saturated carbocycles. The van der Waals surface area contributed by atoms with Gasteiger partial charge >= 0.3 is 5.97 Å². The number of aromatic nitrogens is 2. The number of hydrogen-bond acceptors (Lipinski definition) is 8. The van der Waals surface area contributed by atoms with E-state index < -0.39 is 5.97 Å². The van der Waals surface area contributed by atoms with Crippen LogP contribution in [0.5, 0.6) is 5.75 Å². The molecule has 4 aromatic rings. The molecule has 5 rings (SSSR count). The molecule has 0 bridgehead atoms. The number of amides is 1. The second-order valence-electron chi connectivity index (χ2n) is 8.63. The zero-order valence-corrected chi connectivity index (χ0v) is 19.8. The van der Waals surface area contributed by atoms with Crippen LogP contribution in [0.25, 0.3) is 11.1 Å². The van der Waals surface area contributed by atoms with E-state index in [9.17, 15) is 9.59 Å². The van der Waals surface area contributed by atoms with Crippen LogP contribution in [-0.4, -0.2) is 45.5 Å². The number of nitrogens with zero attached hydrogens (tertiary/aromatic N) is 3. The van der Waals surface area contributed by atoms with Gasteiger partial charge in [0.2, 0.25) is 11.8 Å². The monoisotopic (exact) mass is 490 g/mol. The minimum Gasteiger partial charge on any atom is -0.495 e. The van der Waals surface area contributed by atoms with E-state index in [4.69, 9.17) is 18.7 Å². The van der Waals surface area contributed by atoms with E-state index in [1.165, 1.54) is 0 Å². The Morgan fingerprint density at radius 3 is 2.92 bits per heavy atom. The second kappa shape index (κ2) is 10.1. The van der Waals surface area contributed by atoms with Crippen molar-refractivity contribution >= 4 is 34.7 Å². The second-order valence-corrected chi connectivity index (χ2v) is 8.63. The number of aryl methyl sites for hydroxylation is 1. The molecule has 2 N–H and O–H groups in total. The maximum Gasteiger partial charge on any atom is 0.303 e. The Hall–Kier alpha value is -4.34. The number of para-hydroxylation sites is 2. The number of likely N-dealkylation sites (tertiary alicyclic amines) is 1. The molecule has 186 valence electrons. The zero-order valence-electron chi connectivity index (χ0n) is 19.8. The molecule has 10 nitrogen and oxygen atoms in total. The van der Waals surface area contributed by atoms with Gasteiger partial charge in [0.1, 0.15) is 23.1 Å². The van der Waals surface area contributed by atoms with Crippen molar-refractivity contribution in [2.75, 3.05) is 19.0 Å². The summed E-state index contributed by atoms with van der Waals surface area (Å²) >= 11 is 0. The van der Waals surface area contributed by atoms with Crippen molar-refractivity contribution in [3.63, 3.8) is 0 Å². The number of anilines is 2. The first-order chi connectivity index (χ1) is 17.5. The number of ether oxygens (including phenoxy) is 1. The fraction of sp³-hybridized carbons (Fsp3) is 0.308. The Labute approximate surface area is 206 Å². The van der Waals surface area contributed by atoms with Crippen LogP contribution in [0, 0.1) is 0 Å². The van der Waals surface area contributed by atoms with Crippen molar-refractivity contribution in [2.24, 2.45) is 0 Å². The Bertz CT molecular complexity index is 1390. The highest BCUT2D eigenvalue weighted by Crippen LogP contribution is 2.33. The fourth-order valence-corrected chi connectivity index (χ4v) is 4.42. The van der Waals surface area contributed by atoms with Crippen LogP contribution in [0.1, 0.15) is 42.5 Å². The van der Waals surface area contributed by atoms with Crippen LogP contribution in [0.4, 0.5) is 11.7 Å². The average molecular weight is 491 g/mol. The van der Waals surface area contributed by atoms with Crippen LogP contribution >= 0.6 is 0 Å². The lowest BCUT2D eigenvalue weighted by Gasteiger charge is -2.22. The number of methoxy groups -OCH3 is 1. The number of carboxylic acids is 1. The third kappa shape index (κ3) is 5.02. The first kappa shape index (κ1) is 23.4. The summed E-state index contributed by atoms with van der Waals surface area (Å²) in [5, 5.41) is 12.0. The Balaban J connectivity index is 1.27. The molecule has 1 saturated heterocycles. The summed E-state index contributed by atoms with van der Waals surface area (Å²) in [5.41, 5.74) is 2.80. The Morgan fingerprint density at radius 2 is 2.08 bits per heavy atom. The molecule has 0 spiro atoms. The van der Waals surface area contributed by atoms with Gasteiger partial charge in [0.05, 0.1) is 31.8 Å². The van der Waals surface area contributed by atoms with Gasteiger partial charge in [-0.2, -0.15) is 4.98 Å². The zero-order chi connectivity index (χ0) is 25.1. The lowest BCUT2D eigenvalue weighted by atomic mass is 10.1. The summed E-state index contributed by atoms with van der Waals surface area (Å²) in [6.45, 7) is 0.619. The largest absolute Gasteiger partial charge is 0.495 e. The topological polar surface area (TPSA) is 131 Å². The Kier molecular flexibility index (Phi) is 6.57. The number of rotatable bonds is 9. The average Bonchev–Trinajstić information content (AvgIpc) is 3.61. The predicted octanol–water partition coefficient (Wildman–Crippen LogP) is 4.49. The van der Waals surface area contributed by atoms with Crippen molar-refractivity contribution in [1.82, 2.24) is 14.9 Å². The van der Waals surface area contributed by atoms with Crippen molar-refractivity contribution < 1.29 is 28.3 Å². The molecule has 3 heterocycles. The quantitative estimate of drug-likeness (QED) is 0.348. The maximum absolute atomic E-state index is 13.2. The van der Waals surface area contributed by atoms with Crippen LogP contribution < -0.4 is 10.1 Å². The lowest BCUT2D eigenvalue weighted by Crippen LogP contribution is -2.32. The standard InChI is InChI=1S/C26H26N4O6/c1-34-21-7-3-2-5-18(21)28-26-29-19-10-8-16(13-22(19)36-26)14-23(31)30-12-4-6-20(30)25-27-15-17(35-25)9-11-24(32)33/h2-3,5,7-8,10,13,15,20H,4,6,9,11-12,14H2,1H3,(H,28,29)(H,32,33)/t20-/m0/s1. The number of carbonyl (C=O) groups is 2. The minimum absolute atomic E-state index is 0.0256. The van der Waals surface area contributed by atoms with E-state index in [0.717, 1.165) is 24.1 Å². The van der Waals surface area contributed by atoms with E-state index >= 15 is 0 Å². The molecule has 1 fully saturated rings. The molecular formula is C26H26N4O6. The highest BCUT2D eigenvalue weighted by atomic mass is 16.5. The van der Waals surface area contributed by atoms with Gasteiger partial charge in [-0.15, -0.1) is 0 Å². The normalized spacial score (nSPS) is 15.4. The summed E-state index contributed by atoms with van der Waals surface area (Å²) in [4.78, 5) is 34.6. The number of benzene rings is 2. The highest BCUT2D eigenvalue weighted by molar-refractivity contribution is 5.82. The molecule has 1 atom stereocenters. The number of nitrogens with one attached hydrogen (secondary N) is 1. The van der Waals surface area contributed by atoms with Gasteiger partial charge in [0.15, 0.2) is 5.58 Å². The van der Waals surface area contributed by atoms with Gasteiger partial charge in [0, 0.05) is 13.0 Å². The van der Waals surface area contributed by atoms with Gasteiger partial charge in [-0.3, -0.25) is 9.59 Å².